The van der Waals surface area contributed by atoms with E-state index in [1.54, 1.807) is 19.3 Å². The number of nitrogens with zero attached hydrogens (tertiary/aromatic N) is 2. The van der Waals surface area contributed by atoms with Gasteiger partial charge in [-0.1, -0.05) is 30.0 Å². The van der Waals surface area contributed by atoms with Crippen LogP contribution in [-0.2, 0) is 4.79 Å². The average molecular weight is 624 g/mol. The fourth-order valence-corrected chi connectivity index (χ4v) is 5.88. The Kier molecular flexibility index (Phi) is 6.38. The fraction of sp³-hybridized carbons (Fsp3) is 0.0588. The number of ether oxygens (including phenoxy) is 1. The van der Waals surface area contributed by atoms with Crippen LogP contribution in [0.5, 0.6) is 5.75 Å². The first-order valence-corrected chi connectivity index (χ1v) is 10.8. The number of amides is 1. The van der Waals surface area contributed by atoms with Crippen LogP contribution in [0.25, 0.3) is 6.08 Å². The average Bonchev–Trinajstić information content (AvgIpc) is 2.88. The molecular formula is C17H10I2N2O4S2. The molecule has 0 bridgehead atoms. The Bertz CT molecular complexity index is 1010. The summed E-state index contributed by atoms with van der Waals surface area (Å²) in [4.78, 5) is 25.2. The number of hydrogen-bond acceptors (Lipinski definition) is 6. The van der Waals surface area contributed by atoms with Gasteiger partial charge in [-0.05, 0) is 69.5 Å². The van der Waals surface area contributed by atoms with Gasteiger partial charge in [0.1, 0.15) is 5.75 Å². The van der Waals surface area contributed by atoms with Gasteiger partial charge in [0, 0.05) is 21.3 Å². The molecule has 0 radical (unpaired) electrons. The summed E-state index contributed by atoms with van der Waals surface area (Å²) < 4.78 is 7.73. The van der Waals surface area contributed by atoms with Crippen molar-refractivity contribution < 1.29 is 14.5 Å². The van der Waals surface area contributed by atoms with Crippen molar-refractivity contribution in [2.45, 2.75) is 0 Å². The van der Waals surface area contributed by atoms with E-state index in [2.05, 4.69) is 45.2 Å². The van der Waals surface area contributed by atoms with Crippen molar-refractivity contribution in [2.24, 2.45) is 0 Å². The van der Waals surface area contributed by atoms with Crippen molar-refractivity contribution in [3.05, 3.63) is 64.1 Å². The molecule has 0 aromatic heterocycles. The van der Waals surface area contributed by atoms with Gasteiger partial charge in [0.2, 0.25) is 0 Å². The highest BCUT2D eigenvalue weighted by molar-refractivity contribution is 14.1. The standard InChI is InChI=1S/C17H10I2N2O4S2/c1-25-15-9(5-10(18)7-13(15)19)6-14-16(22)20(17(26)27-14)11-3-2-4-12(8-11)21(23)24/h2-8H,1H3/b14-6-. The molecule has 2 aromatic rings. The topological polar surface area (TPSA) is 72.7 Å². The molecule has 138 valence electrons. The third-order valence-electron chi connectivity index (χ3n) is 3.62. The largest absolute Gasteiger partial charge is 0.495 e. The second kappa shape index (κ2) is 8.41. The number of hydrogen-bond donors (Lipinski definition) is 0. The number of thioether (sulfide) groups is 1. The maximum atomic E-state index is 12.9. The van der Waals surface area contributed by atoms with Crippen LogP contribution >= 0.6 is 69.2 Å². The van der Waals surface area contributed by atoms with Crippen molar-refractivity contribution >= 4 is 96.8 Å². The summed E-state index contributed by atoms with van der Waals surface area (Å²) in [6.07, 6.45) is 1.74. The zero-order valence-electron chi connectivity index (χ0n) is 13.6. The zero-order chi connectivity index (χ0) is 19.7. The Morgan fingerprint density at radius 2 is 2.04 bits per heavy atom. The van der Waals surface area contributed by atoms with Gasteiger partial charge in [-0.3, -0.25) is 19.8 Å². The van der Waals surface area contributed by atoms with Crippen LogP contribution in [0.2, 0.25) is 0 Å². The maximum Gasteiger partial charge on any atom is 0.271 e. The van der Waals surface area contributed by atoms with Crippen molar-refractivity contribution in [2.75, 3.05) is 12.0 Å². The second-order valence-corrected chi connectivity index (χ2v) is 9.39. The van der Waals surface area contributed by atoms with E-state index in [0.717, 1.165) is 24.5 Å². The minimum Gasteiger partial charge on any atom is -0.495 e. The maximum absolute atomic E-state index is 12.9. The summed E-state index contributed by atoms with van der Waals surface area (Å²) in [7, 11) is 1.58. The summed E-state index contributed by atoms with van der Waals surface area (Å²) in [6, 6.07) is 9.75. The molecule has 0 aliphatic carbocycles. The Morgan fingerprint density at radius 1 is 1.30 bits per heavy atom. The first-order chi connectivity index (χ1) is 12.8. The lowest BCUT2D eigenvalue weighted by Crippen LogP contribution is -2.27. The number of anilines is 1. The number of nitro benzene ring substituents is 1. The van der Waals surface area contributed by atoms with Crippen molar-refractivity contribution in [1.82, 2.24) is 0 Å². The van der Waals surface area contributed by atoms with E-state index in [1.807, 2.05) is 12.1 Å². The van der Waals surface area contributed by atoms with E-state index < -0.39 is 4.92 Å². The molecule has 0 N–H and O–H groups in total. The van der Waals surface area contributed by atoms with Crippen LogP contribution in [0.15, 0.2) is 41.3 Å². The molecule has 1 amide bonds. The molecule has 27 heavy (non-hydrogen) atoms. The molecule has 6 nitrogen and oxygen atoms in total. The van der Waals surface area contributed by atoms with E-state index in [-0.39, 0.29) is 11.6 Å². The van der Waals surface area contributed by atoms with Gasteiger partial charge in [-0.15, -0.1) is 0 Å². The molecule has 3 rings (SSSR count). The molecule has 1 aliphatic heterocycles. The third-order valence-corrected chi connectivity index (χ3v) is 6.35. The van der Waals surface area contributed by atoms with E-state index >= 15 is 0 Å². The van der Waals surface area contributed by atoms with E-state index in [9.17, 15) is 14.9 Å². The smallest absolute Gasteiger partial charge is 0.271 e. The lowest BCUT2D eigenvalue weighted by atomic mass is 10.2. The highest BCUT2D eigenvalue weighted by Crippen LogP contribution is 2.39. The normalized spacial score (nSPS) is 15.5. The molecule has 2 aromatic carbocycles. The first-order valence-electron chi connectivity index (χ1n) is 7.37. The number of nitro groups is 1. The third kappa shape index (κ3) is 4.27. The van der Waals surface area contributed by atoms with Crippen LogP contribution in [0.1, 0.15) is 5.56 Å². The number of rotatable bonds is 4. The minimum absolute atomic E-state index is 0.0978. The quantitative estimate of drug-likeness (QED) is 0.153. The highest BCUT2D eigenvalue weighted by Gasteiger charge is 2.34. The van der Waals surface area contributed by atoms with E-state index in [1.165, 1.54) is 23.1 Å². The predicted molar refractivity (Wildman–Crippen MR) is 127 cm³/mol. The number of halogens is 2. The van der Waals surface area contributed by atoms with Gasteiger partial charge < -0.3 is 4.74 Å². The molecule has 0 saturated carbocycles. The summed E-state index contributed by atoms with van der Waals surface area (Å²) in [5.41, 5.74) is 1.05. The van der Waals surface area contributed by atoms with Crippen LogP contribution in [-0.4, -0.2) is 22.3 Å². The molecule has 0 unspecified atom stereocenters. The summed E-state index contributed by atoms with van der Waals surface area (Å²) in [5, 5.41) is 11.0. The van der Waals surface area contributed by atoms with Crippen molar-refractivity contribution in [3.8, 4) is 5.75 Å². The van der Waals surface area contributed by atoms with Crippen LogP contribution in [0.3, 0.4) is 0 Å². The summed E-state index contributed by atoms with van der Waals surface area (Å²) in [5.74, 6) is 0.359. The summed E-state index contributed by atoms with van der Waals surface area (Å²) >= 11 is 10.9. The lowest BCUT2D eigenvalue weighted by molar-refractivity contribution is -0.384. The van der Waals surface area contributed by atoms with Crippen LogP contribution in [0.4, 0.5) is 11.4 Å². The van der Waals surface area contributed by atoms with Gasteiger partial charge in [0.05, 0.1) is 26.2 Å². The molecule has 1 saturated heterocycles. The summed E-state index contributed by atoms with van der Waals surface area (Å²) in [6.45, 7) is 0. The zero-order valence-corrected chi connectivity index (χ0v) is 19.6. The molecule has 0 spiro atoms. The van der Waals surface area contributed by atoms with Gasteiger partial charge >= 0.3 is 0 Å². The molecule has 10 heteroatoms. The van der Waals surface area contributed by atoms with Gasteiger partial charge in [0.25, 0.3) is 11.6 Å². The molecule has 1 fully saturated rings. The lowest BCUT2D eigenvalue weighted by Gasteiger charge is -2.14. The Morgan fingerprint density at radius 3 is 2.70 bits per heavy atom. The molecule has 1 heterocycles. The van der Waals surface area contributed by atoms with Crippen molar-refractivity contribution in [1.29, 1.82) is 0 Å². The number of carbonyl (C=O) groups excluding carboxylic acids is 1. The van der Waals surface area contributed by atoms with Crippen LogP contribution in [0, 0.1) is 17.3 Å². The van der Waals surface area contributed by atoms with Crippen molar-refractivity contribution in [3.63, 3.8) is 0 Å². The fourth-order valence-electron chi connectivity index (χ4n) is 2.48. The predicted octanol–water partition coefficient (Wildman–Crippen LogP) is 5.22. The Labute approximate surface area is 191 Å². The number of benzene rings is 2. The van der Waals surface area contributed by atoms with Crippen LogP contribution < -0.4 is 9.64 Å². The first kappa shape index (κ1) is 20.5. The number of non-ortho nitro benzene ring substituents is 1. The molecular weight excluding hydrogens is 614 g/mol. The Balaban J connectivity index is 2.01. The SMILES string of the molecule is COc1c(I)cc(I)cc1/C=C1\SC(=S)N(c2cccc([N+](=O)[O-])c2)C1=O. The Hall–Kier alpha value is -1.25. The molecule has 1 aliphatic rings. The number of carbonyl (C=O) groups is 1. The molecule has 0 atom stereocenters. The van der Waals surface area contributed by atoms with E-state index in [0.29, 0.717) is 20.7 Å². The number of thiocarbonyl (C=S) groups is 1. The van der Waals surface area contributed by atoms with E-state index in [4.69, 9.17) is 17.0 Å². The minimum atomic E-state index is -0.504. The highest BCUT2D eigenvalue weighted by atomic mass is 127. The van der Waals surface area contributed by atoms with Gasteiger partial charge in [-0.2, -0.15) is 0 Å². The van der Waals surface area contributed by atoms with Gasteiger partial charge in [0.15, 0.2) is 4.32 Å². The number of methoxy groups -OCH3 is 1. The second-order valence-electron chi connectivity index (χ2n) is 5.30. The van der Waals surface area contributed by atoms with Gasteiger partial charge in [-0.25, -0.2) is 0 Å². The monoisotopic (exact) mass is 624 g/mol.